The molecule has 0 atom stereocenters. The van der Waals surface area contributed by atoms with Crippen LogP contribution in [0.25, 0.3) is 11.3 Å². The lowest BCUT2D eigenvalue weighted by Crippen LogP contribution is -2.13. The molecule has 4 rings (SSSR count). The Balaban J connectivity index is 1.62. The molecule has 1 amide bonds. The summed E-state index contributed by atoms with van der Waals surface area (Å²) in [7, 11) is 0. The van der Waals surface area contributed by atoms with Crippen LogP contribution in [0.4, 0.5) is 5.69 Å². The SMILES string of the molecule is O=C(O)c1ccc(NC(=O)c2snc(-c3ccccc3)c2C2CC2)cn1. The van der Waals surface area contributed by atoms with Crippen molar-refractivity contribution in [2.75, 3.05) is 5.32 Å². The highest BCUT2D eigenvalue weighted by molar-refractivity contribution is 7.08. The summed E-state index contributed by atoms with van der Waals surface area (Å²) in [6.45, 7) is 0. The summed E-state index contributed by atoms with van der Waals surface area (Å²) in [6, 6.07) is 12.8. The lowest BCUT2D eigenvalue weighted by atomic mass is 10.0. The number of aromatic nitrogens is 2. The van der Waals surface area contributed by atoms with Gasteiger partial charge in [-0.05, 0) is 42.4 Å². The predicted octanol–water partition coefficient (Wildman–Crippen LogP) is 4.03. The zero-order valence-electron chi connectivity index (χ0n) is 13.7. The number of aromatic carboxylic acids is 1. The highest BCUT2D eigenvalue weighted by Gasteiger charge is 2.33. The van der Waals surface area contributed by atoms with Gasteiger partial charge in [-0.1, -0.05) is 30.3 Å². The molecule has 1 saturated carbocycles. The number of hydrogen-bond donors (Lipinski definition) is 2. The number of nitrogens with one attached hydrogen (secondary N) is 1. The minimum absolute atomic E-state index is 0.0641. The van der Waals surface area contributed by atoms with Gasteiger partial charge in [-0.15, -0.1) is 0 Å². The van der Waals surface area contributed by atoms with Crippen LogP contribution in [-0.2, 0) is 0 Å². The number of hydrogen-bond acceptors (Lipinski definition) is 5. The van der Waals surface area contributed by atoms with Gasteiger partial charge in [-0.2, -0.15) is 4.37 Å². The van der Waals surface area contributed by atoms with E-state index >= 15 is 0 Å². The molecule has 1 aliphatic rings. The molecule has 0 spiro atoms. The summed E-state index contributed by atoms with van der Waals surface area (Å²) in [5.74, 6) is -0.970. The zero-order chi connectivity index (χ0) is 18.1. The third-order valence-electron chi connectivity index (χ3n) is 4.21. The van der Waals surface area contributed by atoms with Gasteiger partial charge in [0.15, 0.2) is 0 Å². The van der Waals surface area contributed by atoms with Crippen molar-refractivity contribution in [3.8, 4) is 11.3 Å². The summed E-state index contributed by atoms with van der Waals surface area (Å²) < 4.78 is 4.54. The lowest BCUT2D eigenvalue weighted by molar-refractivity contribution is 0.0690. The van der Waals surface area contributed by atoms with E-state index in [4.69, 9.17) is 5.11 Å². The first-order valence-electron chi connectivity index (χ1n) is 8.19. The molecule has 0 aliphatic heterocycles. The molecule has 130 valence electrons. The predicted molar refractivity (Wildman–Crippen MR) is 98.7 cm³/mol. The minimum Gasteiger partial charge on any atom is -0.477 e. The molecule has 1 fully saturated rings. The van der Waals surface area contributed by atoms with Gasteiger partial charge in [0.2, 0.25) is 0 Å². The topological polar surface area (TPSA) is 92.2 Å². The van der Waals surface area contributed by atoms with Crippen molar-refractivity contribution >= 4 is 29.1 Å². The van der Waals surface area contributed by atoms with E-state index in [-0.39, 0.29) is 11.6 Å². The number of carbonyl (C=O) groups is 2. The second-order valence-electron chi connectivity index (χ2n) is 6.11. The molecule has 1 aromatic carbocycles. The van der Waals surface area contributed by atoms with Crippen molar-refractivity contribution in [2.24, 2.45) is 0 Å². The molecule has 0 saturated heterocycles. The molecule has 6 nitrogen and oxygen atoms in total. The van der Waals surface area contributed by atoms with Crippen molar-refractivity contribution in [3.63, 3.8) is 0 Å². The molecule has 2 N–H and O–H groups in total. The van der Waals surface area contributed by atoms with E-state index in [9.17, 15) is 9.59 Å². The molecule has 0 bridgehead atoms. The van der Waals surface area contributed by atoms with Crippen LogP contribution in [-0.4, -0.2) is 26.3 Å². The monoisotopic (exact) mass is 365 g/mol. The number of amides is 1. The van der Waals surface area contributed by atoms with Crippen LogP contribution in [0.5, 0.6) is 0 Å². The first kappa shape index (κ1) is 16.4. The Morgan fingerprint density at radius 2 is 1.88 bits per heavy atom. The minimum atomic E-state index is -1.10. The Labute approximate surface area is 153 Å². The molecule has 0 radical (unpaired) electrons. The second kappa shape index (κ2) is 6.68. The Bertz CT molecular complexity index is 963. The summed E-state index contributed by atoms with van der Waals surface area (Å²) in [6.07, 6.45) is 3.47. The van der Waals surface area contributed by atoms with Crippen molar-refractivity contribution < 1.29 is 14.7 Å². The van der Waals surface area contributed by atoms with Gasteiger partial charge >= 0.3 is 5.97 Å². The van der Waals surface area contributed by atoms with Crippen LogP contribution in [0.15, 0.2) is 48.7 Å². The van der Waals surface area contributed by atoms with E-state index in [0.717, 1.165) is 29.7 Å². The maximum Gasteiger partial charge on any atom is 0.354 e. The van der Waals surface area contributed by atoms with Crippen LogP contribution in [0.2, 0.25) is 0 Å². The van der Waals surface area contributed by atoms with E-state index in [2.05, 4.69) is 14.7 Å². The largest absolute Gasteiger partial charge is 0.477 e. The molecular formula is C19H15N3O3S. The van der Waals surface area contributed by atoms with E-state index in [1.165, 1.54) is 29.9 Å². The average Bonchev–Trinajstić information content (AvgIpc) is 3.40. The Morgan fingerprint density at radius 3 is 2.50 bits per heavy atom. The summed E-state index contributed by atoms with van der Waals surface area (Å²) >= 11 is 1.20. The first-order chi connectivity index (χ1) is 12.6. The number of pyridine rings is 1. The standard InChI is InChI=1S/C19H15N3O3S/c23-18(21-13-8-9-14(19(24)25)20-10-13)17-15(11-6-7-11)16(22-26-17)12-4-2-1-3-5-12/h1-5,8-11H,6-7H2,(H,21,23)(H,24,25). The highest BCUT2D eigenvalue weighted by atomic mass is 32.1. The number of carboxylic acids is 1. The summed E-state index contributed by atoms with van der Waals surface area (Å²) in [5.41, 5.74) is 3.29. The number of benzene rings is 1. The number of anilines is 1. The average molecular weight is 365 g/mol. The van der Waals surface area contributed by atoms with Gasteiger partial charge in [-0.25, -0.2) is 9.78 Å². The molecule has 0 unspecified atom stereocenters. The van der Waals surface area contributed by atoms with Crippen LogP contribution < -0.4 is 5.32 Å². The van der Waals surface area contributed by atoms with Crippen LogP contribution in [0, 0.1) is 0 Å². The van der Waals surface area contributed by atoms with Crippen molar-refractivity contribution in [1.29, 1.82) is 0 Å². The van der Waals surface area contributed by atoms with Crippen LogP contribution >= 0.6 is 11.5 Å². The third kappa shape index (κ3) is 3.21. The smallest absolute Gasteiger partial charge is 0.354 e. The number of rotatable bonds is 5. The fraction of sp³-hybridized carbons (Fsp3) is 0.158. The lowest BCUT2D eigenvalue weighted by Gasteiger charge is -2.07. The number of carbonyl (C=O) groups excluding carboxylic acids is 1. The maximum absolute atomic E-state index is 12.7. The zero-order valence-corrected chi connectivity index (χ0v) is 14.5. The second-order valence-corrected chi connectivity index (χ2v) is 6.88. The molecule has 7 heteroatoms. The van der Waals surface area contributed by atoms with Crippen molar-refractivity contribution in [2.45, 2.75) is 18.8 Å². The van der Waals surface area contributed by atoms with Crippen LogP contribution in [0.3, 0.4) is 0 Å². The Kier molecular flexibility index (Phi) is 4.22. The van der Waals surface area contributed by atoms with Gasteiger partial charge in [0.1, 0.15) is 10.6 Å². The molecule has 2 heterocycles. The normalized spacial score (nSPS) is 13.4. The van der Waals surface area contributed by atoms with Crippen molar-refractivity contribution in [3.05, 3.63) is 64.8 Å². The summed E-state index contributed by atoms with van der Waals surface area (Å²) in [5, 5.41) is 11.7. The third-order valence-corrected chi connectivity index (χ3v) is 5.07. The molecule has 1 aliphatic carbocycles. The van der Waals surface area contributed by atoms with Gasteiger partial charge in [0.05, 0.1) is 17.6 Å². The Morgan fingerprint density at radius 1 is 1.12 bits per heavy atom. The number of nitrogens with zero attached hydrogens (tertiary/aromatic N) is 2. The summed E-state index contributed by atoms with van der Waals surface area (Å²) in [4.78, 5) is 28.0. The van der Waals surface area contributed by atoms with Gasteiger partial charge in [0.25, 0.3) is 5.91 Å². The molecule has 2 aromatic heterocycles. The van der Waals surface area contributed by atoms with E-state index < -0.39 is 5.97 Å². The fourth-order valence-electron chi connectivity index (χ4n) is 2.80. The van der Waals surface area contributed by atoms with Gasteiger partial charge in [-0.3, -0.25) is 4.79 Å². The highest BCUT2D eigenvalue weighted by Crippen LogP contribution is 2.47. The first-order valence-corrected chi connectivity index (χ1v) is 8.96. The van der Waals surface area contributed by atoms with Gasteiger partial charge < -0.3 is 10.4 Å². The van der Waals surface area contributed by atoms with E-state index in [1.807, 2.05) is 30.3 Å². The molecule has 26 heavy (non-hydrogen) atoms. The Hall–Kier alpha value is -3.06. The van der Waals surface area contributed by atoms with Gasteiger partial charge in [0, 0.05) is 11.1 Å². The fourth-order valence-corrected chi connectivity index (χ4v) is 3.68. The van der Waals surface area contributed by atoms with E-state index in [0.29, 0.717) is 16.5 Å². The maximum atomic E-state index is 12.7. The quantitative estimate of drug-likeness (QED) is 0.712. The van der Waals surface area contributed by atoms with Crippen molar-refractivity contribution in [1.82, 2.24) is 9.36 Å². The number of carboxylic acid groups (broad SMARTS) is 1. The molecule has 3 aromatic rings. The molecular weight excluding hydrogens is 350 g/mol. The van der Waals surface area contributed by atoms with Crippen LogP contribution in [0.1, 0.15) is 44.5 Å². The van der Waals surface area contributed by atoms with E-state index in [1.54, 1.807) is 0 Å².